The number of benzene rings is 4. The third-order valence-electron chi connectivity index (χ3n) is 6.28. The van der Waals surface area contributed by atoms with Crippen molar-refractivity contribution in [1.82, 2.24) is 9.55 Å². The lowest BCUT2D eigenvalue weighted by Crippen LogP contribution is -2.23. The molecule has 5 rings (SSSR count). The topological polar surface area (TPSA) is 73.2 Å². The number of hydrogen-bond donors (Lipinski definition) is 1. The van der Waals surface area contributed by atoms with Crippen LogP contribution in [0.2, 0.25) is 0 Å². The highest BCUT2D eigenvalue weighted by Gasteiger charge is 2.15. The number of rotatable bonds is 9. The average Bonchev–Trinajstić information content (AvgIpc) is 2.96. The van der Waals surface area contributed by atoms with Crippen molar-refractivity contribution in [3.8, 4) is 11.4 Å². The predicted octanol–water partition coefficient (Wildman–Crippen LogP) is 6.82. The zero-order chi connectivity index (χ0) is 27.2. The number of thioether (sulfide) groups is 1. The number of anilines is 1. The number of aromatic nitrogens is 2. The first-order chi connectivity index (χ1) is 19.0. The minimum atomic E-state index is -0.193. The van der Waals surface area contributed by atoms with Gasteiger partial charge in [-0.25, -0.2) is 4.98 Å². The Morgan fingerprint density at radius 2 is 1.59 bits per heavy atom. The summed E-state index contributed by atoms with van der Waals surface area (Å²) < 4.78 is 7.41. The number of carbonyl (C=O) groups is 1. The van der Waals surface area contributed by atoms with Crippen molar-refractivity contribution < 1.29 is 9.53 Å². The molecule has 1 N–H and O–H groups in total. The molecule has 196 valence electrons. The molecular formula is C32H29N3O3S. The third kappa shape index (κ3) is 6.38. The normalized spacial score (nSPS) is 11.1. The molecule has 0 aliphatic carbocycles. The van der Waals surface area contributed by atoms with Gasteiger partial charge in [0.2, 0.25) is 5.91 Å². The van der Waals surface area contributed by atoms with Crippen LogP contribution in [-0.2, 0) is 11.4 Å². The van der Waals surface area contributed by atoms with E-state index in [1.165, 1.54) is 17.3 Å². The molecule has 5 aromatic rings. The summed E-state index contributed by atoms with van der Waals surface area (Å²) in [5.41, 5.74) is 4.10. The molecule has 0 saturated carbocycles. The van der Waals surface area contributed by atoms with E-state index in [0.717, 1.165) is 17.0 Å². The molecule has 0 unspecified atom stereocenters. The van der Waals surface area contributed by atoms with Gasteiger partial charge in [-0.05, 0) is 65.6 Å². The molecule has 1 amide bonds. The van der Waals surface area contributed by atoms with E-state index in [4.69, 9.17) is 9.72 Å². The molecule has 0 fully saturated rings. The first kappa shape index (κ1) is 26.3. The van der Waals surface area contributed by atoms with Crippen LogP contribution in [-0.4, -0.2) is 21.2 Å². The second kappa shape index (κ2) is 12.0. The Bertz CT molecular complexity index is 1630. The van der Waals surface area contributed by atoms with Gasteiger partial charge in [-0.1, -0.05) is 80.2 Å². The fraction of sp³-hybridized carbons (Fsp3) is 0.156. The molecule has 0 atom stereocenters. The van der Waals surface area contributed by atoms with Crippen molar-refractivity contribution in [2.24, 2.45) is 0 Å². The minimum Gasteiger partial charge on any atom is -0.489 e. The highest BCUT2D eigenvalue weighted by molar-refractivity contribution is 7.99. The van der Waals surface area contributed by atoms with Crippen molar-refractivity contribution in [3.05, 3.63) is 125 Å². The van der Waals surface area contributed by atoms with Crippen molar-refractivity contribution in [2.45, 2.75) is 31.5 Å². The number of fused-ring (bicyclic) bond motifs is 1. The fourth-order valence-electron chi connectivity index (χ4n) is 4.15. The summed E-state index contributed by atoms with van der Waals surface area (Å²) in [4.78, 5) is 31.0. The van der Waals surface area contributed by atoms with Crippen LogP contribution < -0.4 is 15.6 Å². The number of ether oxygens (including phenoxy) is 1. The summed E-state index contributed by atoms with van der Waals surface area (Å²) in [5, 5.41) is 3.92. The zero-order valence-corrected chi connectivity index (χ0v) is 22.7. The van der Waals surface area contributed by atoms with Crippen LogP contribution in [0.4, 0.5) is 5.69 Å². The van der Waals surface area contributed by atoms with E-state index in [1.807, 2.05) is 97.1 Å². The lowest BCUT2D eigenvalue weighted by Gasteiger charge is -2.14. The van der Waals surface area contributed by atoms with Gasteiger partial charge in [0.05, 0.1) is 22.3 Å². The van der Waals surface area contributed by atoms with Crippen molar-refractivity contribution in [1.29, 1.82) is 0 Å². The summed E-state index contributed by atoms with van der Waals surface area (Å²) in [6.07, 6.45) is 0. The largest absolute Gasteiger partial charge is 0.489 e. The van der Waals surface area contributed by atoms with Gasteiger partial charge in [0, 0.05) is 5.69 Å². The van der Waals surface area contributed by atoms with Crippen LogP contribution in [0.25, 0.3) is 16.6 Å². The minimum absolute atomic E-state index is 0.0983. The molecule has 0 saturated heterocycles. The van der Waals surface area contributed by atoms with Crippen molar-refractivity contribution in [3.63, 3.8) is 0 Å². The zero-order valence-electron chi connectivity index (χ0n) is 21.8. The van der Waals surface area contributed by atoms with Crippen molar-refractivity contribution >= 4 is 34.3 Å². The van der Waals surface area contributed by atoms with Gasteiger partial charge in [-0.2, -0.15) is 0 Å². The Labute approximate surface area is 231 Å². The molecule has 0 aliphatic rings. The molecule has 4 aromatic carbocycles. The maximum absolute atomic E-state index is 13.5. The molecule has 0 aliphatic heterocycles. The standard InChI is InChI=1S/C32H29N3O3S/c1-22(2)24-12-16-26(17-13-24)35-31(37)28-10-6-7-11-29(28)34-32(35)39-21-30(36)33-25-14-18-27(19-15-25)38-20-23-8-4-3-5-9-23/h3-19,22H,20-21H2,1-2H3,(H,33,36). The quantitative estimate of drug-likeness (QED) is 0.166. The van der Waals surface area contributed by atoms with Gasteiger partial charge in [0.25, 0.3) is 5.56 Å². The van der Waals surface area contributed by atoms with E-state index in [1.54, 1.807) is 10.6 Å². The number of hydrogen-bond acceptors (Lipinski definition) is 5. The van der Waals surface area contributed by atoms with E-state index < -0.39 is 0 Å². The lowest BCUT2D eigenvalue weighted by molar-refractivity contribution is -0.113. The smallest absolute Gasteiger partial charge is 0.266 e. The second-order valence-corrected chi connectivity index (χ2v) is 10.4. The maximum atomic E-state index is 13.5. The molecule has 0 spiro atoms. The van der Waals surface area contributed by atoms with E-state index in [-0.39, 0.29) is 17.2 Å². The number of nitrogens with one attached hydrogen (secondary N) is 1. The number of amides is 1. The van der Waals surface area contributed by atoms with Gasteiger partial charge in [0.15, 0.2) is 5.16 Å². The van der Waals surface area contributed by atoms with E-state index in [9.17, 15) is 9.59 Å². The summed E-state index contributed by atoms with van der Waals surface area (Å²) in [6, 6.07) is 32.4. The summed E-state index contributed by atoms with van der Waals surface area (Å²) >= 11 is 1.23. The van der Waals surface area contributed by atoms with Crippen LogP contribution in [0.5, 0.6) is 5.75 Å². The number of nitrogens with zero attached hydrogens (tertiary/aromatic N) is 2. The Kier molecular flexibility index (Phi) is 8.08. The monoisotopic (exact) mass is 535 g/mol. The Morgan fingerprint density at radius 1 is 0.897 bits per heavy atom. The first-order valence-electron chi connectivity index (χ1n) is 12.8. The van der Waals surface area contributed by atoms with Gasteiger partial charge in [-0.15, -0.1) is 0 Å². The third-order valence-corrected chi connectivity index (χ3v) is 7.22. The predicted molar refractivity (Wildman–Crippen MR) is 158 cm³/mol. The Morgan fingerprint density at radius 3 is 2.31 bits per heavy atom. The molecule has 7 heteroatoms. The van der Waals surface area contributed by atoms with Gasteiger partial charge in [0.1, 0.15) is 12.4 Å². The Hall–Kier alpha value is -4.36. The lowest BCUT2D eigenvalue weighted by atomic mass is 10.0. The van der Waals surface area contributed by atoms with E-state index in [2.05, 4.69) is 19.2 Å². The van der Waals surface area contributed by atoms with Gasteiger partial charge < -0.3 is 10.1 Å². The average molecular weight is 536 g/mol. The summed E-state index contributed by atoms with van der Waals surface area (Å²) in [6.45, 7) is 4.73. The van der Waals surface area contributed by atoms with Crippen LogP contribution in [0.15, 0.2) is 113 Å². The first-order valence-corrected chi connectivity index (χ1v) is 13.8. The molecule has 39 heavy (non-hydrogen) atoms. The highest BCUT2D eigenvalue weighted by Crippen LogP contribution is 2.24. The number of para-hydroxylation sites is 1. The molecular weight excluding hydrogens is 506 g/mol. The van der Waals surface area contributed by atoms with Crippen LogP contribution >= 0.6 is 11.8 Å². The SMILES string of the molecule is CC(C)c1ccc(-n2c(SCC(=O)Nc3ccc(OCc4ccccc4)cc3)nc3ccccc3c2=O)cc1. The molecule has 0 bridgehead atoms. The van der Waals surface area contributed by atoms with E-state index >= 15 is 0 Å². The van der Waals surface area contributed by atoms with Crippen LogP contribution in [0, 0.1) is 0 Å². The molecule has 1 aromatic heterocycles. The van der Waals surface area contributed by atoms with E-state index in [0.29, 0.717) is 34.3 Å². The summed E-state index contributed by atoms with van der Waals surface area (Å²) in [7, 11) is 0. The maximum Gasteiger partial charge on any atom is 0.266 e. The van der Waals surface area contributed by atoms with Crippen molar-refractivity contribution in [2.75, 3.05) is 11.1 Å². The molecule has 0 radical (unpaired) electrons. The fourth-order valence-corrected chi connectivity index (χ4v) is 4.96. The highest BCUT2D eigenvalue weighted by atomic mass is 32.2. The van der Waals surface area contributed by atoms with Crippen LogP contribution in [0.1, 0.15) is 30.9 Å². The van der Waals surface area contributed by atoms with Gasteiger partial charge in [-0.3, -0.25) is 14.2 Å². The van der Waals surface area contributed by atoms with Crippen LogP contribution in [0.3, 0.4) is 0 Å². The molecule has 1 heterocycles. The molecule has 6 nitrogen and oxygen atoms in total. The second-order valence-electron chi connectivity index (χ2n) is 9.43. The van der Waals surface area contributed by atoms with Gasteiger partial charge >= 0.3 is 0 Å². The number of carbonyl (C=O) groups excluding carboxylic acids is 1. The Balaban J connectivity index is 1.29. The summed E-state index contributed by atoms with van der Waals surface area (Å²) in [5.74, 6) is 1.01.